The highest BCUT2D eigenvalue weighted by Gasteiger charge is 2.24. The molecule has 3 rings (SSSR count). The number of nitrogens with one attached hydrogen (secondary N) is 1. The van der Waals surface area contributed by atoms with Crippen LogP contribution >= 0.6 is 36.4 Å². The molecule has 1 unspecified atom stereocenters. The molecule has 1 aromatic carbocycles. The Hall–Kier alpha value is -0.720. The van der Waals surface area contributed by atoms with Crippen molar-refractivity contribution >= 4 is 48.0 Å². The van der Waals surface area contributed by atoms with Crippen LogP contribution in [0.25, 0.3) is 0 Å². The summed E-state index contributed by atoms with van der Waals surface area (Å²) in [6.45, 7) is 5.48. The molecule has 0 saturated carbocycles. The zero-order chi connectivity index (χ0) is 15.4. The molecule has 0 spiro atoms. The van der Waals surface area contributed by atoms with Crippen LogP contribution in [0, 0.1) is 0 Å². The molecule has 1 N–H and O–H groups in total. The largest absolute Gasteiger partial charge is 0.378 e. The van der Waals surface area contributed by atoms with E-state index in [2.05, 4.69) is 10.2 Å². The van der Waals surface area contributed by atoms with Crippen molar-refractivity contribution in [2.75, 3.05) is 50.8 Å². The first kappa shape index (κ1) is 21.3. The molecule has 1 atom stereocenters. The normalized spacial score (nSPS) is 20.8. The molecule has 8 heteroatoms. The minimum atomic E-state index is 0. The maximum absolute atomic E-state index is 12.3. The third kappa shape index (κ3) is 5.67. The zero-order valence-electron chi connectivity index (χ0n) is 13.4. The maximum Gasteiger partial charge on any atom is 0.224 e. The lowest BCUT2D eigenvalue weighted by molar-refractivity contribution is -0.132. The number of ether oxygens (including phenoxy) is 1. The number of anilines is 1. The molecule has 0 radical (unpaired) electrons. The van der Waals surface area contributed by atoms with Crippen molar-refractivity contribution in [3.05, 3.63) is 29.3 Å². The summed E-state index contributed by atoms with van der Waals surface area (Å²) < 4.78 is 5.40. The van der Waals surface area contributed by atoms with Gasteiger partial charge in [-0.2, -0.15) is 0 Å². The summed E-state index contributed by atoms with van der Waals surface area (Å²) in [5, 5.41) is 4.08. The number of hydrogen-bond donors (Lipinski definition) is 1. The molecule has 2 aliphatic heterocycles. The van der Waals surface area contributed by atoms with Crippen molar-refractivity contribution in [2.24, 2.45) is 0 Å². The standard InChI is InChI=1S/C16H22ClN3O2.2ClH/c17-13-1-3-15(4-2-13)19-6-8-20(9-7-19)16(21)11-14-12-22-10-5-18-14;;/h1-4,14,18H,5-12H2;2*1H. The Labute approximate surface area is 160 Å². The van der Waals surface area contributed by atoms with Gasteiger partial charge in [0.2, 0.25) is 5.91 Å². The number of piperazine rings is 1. The monoisotopic (exact) mass is 395 g/mol. The number of halogens is 3. The first-order chi connectivity index (χ1) is 10.7. The van der Waals surface area contributed by atoms with Crippen molar-refractivity contribution in [3.8, 4) is 0 Å². The maximum atomic E-state index is 12.3. The molecular weight excluding hydrogens is 373 g/mol. The third-order valence-electron chi connectivity index (χ3n) is 4.24. The van der Waals surface area contributed by atoms with Gasteiger partial charge in [-0.1, -0.05) is 11.6 Å². The summed E-state index contributed by atoms with van der Waals surface area (Å²) >= 11 is 5.92. The highest BCUT2D eigenvalue weighted by Crippen LogP contribution is 2.19. The van der Waals surface area contributed by atoms with E-state index in [-0.39, 0.29) is 36.8 Å². The number of carbonyl (C=O) groups is 1. The summed E-state index contributed by atoms with van der Waals surface area (Å²) in [4.78, 5) is 16.6. The molecule has 1 amide bonds. The second-order valence-electron chi connectivity index (χ2n) is 5.77. The van der Waals surface area contributed by atoms with Crippen LogP contribution in [-0.4, -0.2) is 62.8 Å². The molecule has 24 heavy (non-hydrogen) atoms. The quantitative estimate of drug-likeness (QED) is 0.851. The van der Waals surface area contributed by atoms with Crippen molar-refractivity contribution in [1.82, 2.24) is 10.2 Å². The van der Waals surface area contributed by atoms with E-state index in [4.69, 9.17) is 16.3 Å². The molecule has 2 aliphatic rings. The molecular formula is C16H24Cl3N3O2. The molecule has 2 heterocycles. The average Bonchev–Trinajstić information content (AvgIpc) is 2.57. The number of benzene rings is 1. The van der Waals surface area contributed by atoms with Crippen LogP contribution < -0.4 is 10.2 Å². The summed E-state index contributed by atoms with van der Waals surface area (Å²) in [6, 6.07) is 8.04. The van der Waals surface area contributed by atoms with E-state index in [1.54, 1.807) is 0 Å². The Morgan fingerprint density at radius 2 is 1.83 bits per heavy atom. The fourth-order valence-corrected chi connectivity index (χ4v) is 3.08. The van der Waals surface area contributed by atoms with Crippen molar-refractivity contribution in [3.63, 3.8) is 0 Å². The van der Waals surface area contributed by atoms with Gasteiger partial charge >= 0.3 is 0 Å². The SMILES string of the molecule is Cl.Cl.O=C(CC1COCCN1)N1CCN(c2ccc(Cl)cc2)CC1. The van der Waals surface area contributed by atoms with Crippen LogP contribution in [-0.2, 0) is 9.53 Å². The predicted molar refractivity (Wildman–Crippen MR) is 102 cm³/mol. The Morgan fingerprint density at radius 3 is 2.42 bits per heavy atom. The van der Waals surface area contributed by atoms with E-state index < -0.39 is 0 Å². The topological polar surface area (TPSA) is 44.8 Å². The van der Waals surface area contributed by atoms with Crippen LogP contribution in [0.15, 0.2) is 24.3 Å². The summed E-state index contributed by atoms with van der Waals surface area (Å²) in [6.07, 6.45) is 0.529. The van der Waals surface area contributed by atoms with Crippen LogP contribution in [0.3, 0.4) is 0 Å². The molecule has 5 nitrogen and oxygen atoms in total. The molecule has 0 bridgehead atoms. The average molecular weight is 397 g/mol. The third-order valence-corrected chi connectivity index (χ3v) is 4.50. The summed E-state index contributed by atoms with van der Waals surface area (Å²) in [5.41, 5.74) is 1.17. The molecule has 1 aromatic rings. The zero-order valence-corrected chi connectivity index (χ0v) is 15.8. The van der Waals surface area contributed by atoms with Gasteiger partial charge in [-0.25, -0.2) is 0 Å². The van der Waals surface area contributed by atoms with Gasteiger partial charge in [-0.3, -0.25) is 4.79 Å². The Kier molecular flexibility index (Phi) is 9.16. The number of morpholine rings is 1. The van der Waals surface area contributed by atoms with Gasteiger partial charge in [0.15, 0.2) is 0 Å². The molecule has 0 aromatic heterocycles. The molecule has 2 fully saturated rings. The highest BCUT2D eigenvalue weighted by molar-refractivity contribution is 6.30. The van der Waals surface area contributed by atoms with E-state index in [9.17, 15) is 4.79 Å². The highest BCUT2D eigenvalue weighted by atomic mass is 35.5. The van der Waals surface area contributed by atoms with Gasteiger partial charge in [0.25, 0.3) is 0 Å². The van der Waals surface area contributed by atoms with E-state index in [0.29, 0.717) is 13.0 Å². The number of rotatable bonds is 3. The molecule has 0 aliphatic carbocycles. The smallest absolute Gasteiger partial charge is 0.224 e. The summed E-state index contributed by atoms with van der Waals surface area (Å²) in [5.74, 6) is 0.221. The lowest BCUT2D eigenvalue weighted by atomic mass is 10.1. The Bertz CT molecular complexity index is 502. The van der Waals surface area contributed by atoms with Gasteiger partial charge in [0, 0.05) is 55.9 Å². The van der Waals surface area contributed by atoms with E-state index in [0.717, 1.165) is 44.4 Å². The number of nitrogens with zero attached hydrogens (tertiary/aromatic N) is 2. The fourth-order valence-electron chi connectivity index (χ4n) is 2.96. The Balaban J connectivity index is 0.00000144. The first-order valence-corrected chi connectivity index (χ1v) is 8.19. The van der Waals surface area contributed by atoms with Crippen molar-refractivity contribution < 1.29 is 9.53 Å². The molecule has 2 saturated heterocycles. The van der Waals surface area contributed by atoms with Crippen LogP contribution in [0.2, 0.25) is 5.02 Å². The number of hydrogen-bond acceptors (Lipinski definition) is 4. The number of amides is 1. The van der Waals surface area contributed by atoms with E-state index in [1.165, 1.54) is 5.69 Å². The van der Waals surface area contributed by atoms with Gasteiger partial charge in [-0.15, -0.1) is 24.8 Å². The van der Waals surface area contributed by atoms with Crippen molar-refractivity contribution in [2.45, 2.75) is 12.5 Å². The Morgan fingerprint density at radius 1 is 1.17 bits per heavy atom. The van der Waals surface area contributed by atoms with Crippen LogP contribution in [0.5, 0.6) is 0 Å². The molecule has 136 valence electrons. The fraction of sp³-hybridized carbons (Fsp3) is 0.562. The minimum Gasteiger partial charge on any atom is -0.378 e. The first-order valence-electron chi connectivity index (χ1n) is 7.82. The predicted octanol–water partition coefficient (Wildman–Crippen LogP) is 2.21. The van der Waals surface area contributed by atoms with Gasteiger partial charge in [0.1, 0.15) is 0 Å². The van der Waals surface area contributed by atoms with Crippen LogP contribution in [0.1, 0.15) is 6.42 Å². The second-order valence-corrected chi connectivity index (χ2v) is 6.21. The van der Waals surface area contributed by atoms with Crippen molar-refractivity contribution in [1.29, 1.82) is 0 Å². The van der Waals surface area contributed by atoms with Gasteiger partial charge < -0.3 is 19.9 Å². The minimum absolute atomic E-state index is 0. The second kappa shape index (κ2) is 10.3. The van der Waals surface area contributed by atoms with E-state index >= 15 is 0 Å². The van der Waals surface area contributed by atoms with E-state index in [1.807, 2.05) is 29.2 Å². The number of carbonyl (C=O) groups excluding carboxylic acids is 1. The lowest BCUT2D eigenvalue weighted by Crippen LogP contribution is -2.51. The summed E-state index contributed by atoms with van der Waals surface area (Å²) in [7, 11) is 0. The van der Waals surface area contributed by atoms with Crippen LogP contribution in [0.4, 0.5) is 5.69 Å². The van der Waals surface area contributed by atoms with Gasteiger partial charge in [0.05, 0.1) is 13.2 Å². The lowest BCUT2D eigenvalue weighted by Gasteiger charge is -2.37. The van der Waals surface area contributed by atoms with Gasteiger partial charge in [-0.05, 0) is 24.3 Å².